The van der Waals surface area contributed by atoms with Gasteiger partial charge >= 0.3 is 0 Å². The minimum absolute atomic E-state index is 0.0891. The number of amides is 1. The number of nitrogens with zero attached hydrogens (tertiary/aromatic N) is 2. The lowest BCUT2D eigenvalue weighted by molar-refractivity contribution is -0.139. The van der Waals surface area contributed by atoms with Crippen molar-refractivity contribution in [3.8, 4) is 5.75 Å². The van der Waals surface area contributed by atoms with Gasteiger partial charge in [0.2, 0.25) is 0 Å². The van der Waals surface area contributed by atoms with Gasteiger partial charge in [0, 0.05) is 31.9 Å². The molecule has 1 aliphatic rings. The van der Waals surface area contributed by atoms with Crippen molar-refractivity contribution in [1.29, 1.82) is 0 Å². The van der Waals surface area contributed by atoms with E-state index in [0.29, 0.717) is 6.42 Å². The largest absolute Gasteiger partial charge is 0.481 e. The van der Waals surface area contributed by atoms with Crippen molar-refractivity contribution in [3.63, 3.8) is 0 Å². The molecule has 1 fully saturated rings. The number of hydrogen-bond donors (Lipinski definition) is 0. The van der Waals surface area contributed by atoms with E-state index in [1.54, 1.807) is 0 Å². The van der Waals surface area contributed by atoms with Gasteiger partial charge in [0.25, 0.3) is 5.91 Å². The second-order valence-corrected chi connectivity index (χ2v) is 8.06. The van der Waals surface area contributed by atoms with Crippen LogP contribution in [-0.2, 0) is 4.79 Å². The number of piperazine rings is 1. The Kier molecular flexibility index (Phi) is 5.93. The van der Waals surface area contributed by atoms with Crippen LogP contribution in [0, 0.1) is 13.8 Å². The summed E-state index contributed by atoms with van der Waals surface area (Å²) in [7, 11) is 0. The van der Waals surface area contributed by atoms with Crippen LogP contribution in [-0.4, -0.2) is 43.1 Å². The van der Waals surface area contributed by atoms with Gasteiger partial charge in [-0.15, -0.1) is 0 Å². The van der Waals surface area contributed by atoms with Crippen molar-refractivity contribution in [3.05, 3.63) is 71.8 Å². The standard InChI is InChI=1S/C26H30N2O2/c1-4-25(30-23-13-12-21-9-5-6-10-22(21)18-23)26(29)28-16-14-27(15-17-28)24-11-7-8-19(2)20(24)3/h5-13,18,25H,4,14-17H2,1-3H3. The molecule has 0 bridgehead atoms. The van der Waals surface area contributed by atoms with Gasteiger partial charge in [0.1, 0.15) is 5.75 Å². The number of aryl methyl sites for hydroxylation is 1. The number of anilines is 1. The van der Waals surface area contributed by atoms with Gasteiger partial charge < -0.3 is 14.5 Å². The van der Waals surface area contributed by atoms with Gasteiger partial charge in [-0.1, -0.05) is 49.4 Å². The summed E-state index contributed by atoms with van der Waals surface area (Å²) in [6.45, 7) is 9.48. The fraction of sp³-hybridized carbons (Fsp3) is 0.346. The maximum Gasteiger partial charge on any atom is 0.263 e. The summed E-state index contributed by atoms with van der Waals surface area (Å²) in [6.07, 6.45) is 0.210. The molecule has 1 heterocycles. The zero-order valence-electron chi connectivity index (χ0n) is 18.1. The number of carbonyl (C=O) groups excluding carboxylic acids is 1. The highest BCUT2D eigenvalue weighted by molar-refractivity contribution is 5.84. The molecule has 1 aliphatic heterocycles. The molecule has 3 aromatic carbocycles. The first-order chi connectivity index (χ1) is 14.6. The minimum atomic E-state index is -0.446. The lowest BCUT2D eigenvalue weighted by Crippen LogP contribution is -2.52. The summed E-state index contributed by atoms with van der Waals surface area (Å²) in [5, 5.41) is 2.30. The van der Waals surface area contributed by atoms with Gasteiger partial charge in [0.15, 0.2) is 6.10 Å². The van der Waals surface area contributed by atoms with E-state index in [0.717, 1.165) is 37.3 Å². The third-order valence-electron chi connectivity index (χ3n) is 6.15. The smallest absolute Gasteiger partial charge is 0.263 e. The first-order valence-electron chi connectivity index (χ1n) is 10.8. The fourth-order valence-electron chi connectivity index (χ4n) is 4.16. The molecule has 0 radical (unpaired) electrons. The van der Waals surface area contributed by atoms with Crippen LogP contribution in [0.3, 0.4) is 0 Å². The lowest BCUT2D eigenvalue weighted by Gasteiger charge is -2.38. The van der Waals surface area contributed by atoms with Crippen molar-refractivity contribution in [1.82, 2.24) is 4.90 Å². The minimum Gasteiger partial charge on any atom is -0.481 e. The quantitative estimate of drug-likeness (QED) is 0.604. The molecule has 0 saturated carbocycles. The third-order valence-corrected chi connectivity index (χ3v) is 6.15. The Morgan fingerprint density at radius 2 is 1.67 bits per heavy atom. The molecule has 1 unspecified atom stereocenters. The Hall–Kier alpha value is -3.01. The summed E-state index contributed by atoms with van der Waals surface area (Å²) in [5.41, 5.74) is 3.91. The van der Waals surface area contributed by atoms with Crippen LogP contribution in [0.15, 0.2) is 60.7 Å². The van der Waals surface area contributed by atoms with Crippen molar-refractivity contribution >= 4 is 22.4 Å². The fourth-order valence-corrected chi connectivity index (χ4v) is 4.16. The van der Waals surface area contributed by atoms with Crippen LogP contribution in [0.2, 0.25) is 0 Å². The second-order valence-electron chi connectivity index (χ2n) is 8.06. The summed E-state index contributed by atoms with van der Waals surface area (Å²) < 4.78 is 6.13. The molecule has 0 N–H and O–H groups in total. The maximum atomic E-state index is 13.1. The maximum absolute atomic E-state index is 13.1. The number of fused-ring (bicyclic) bond motifs is 1. The highest BCUT2D eigenvalue weighted by Crippen LogP contribution is 2.25. The van der Waals surface area contributed by atoms with Gasteiger partial charge in [-0.3, -0.25) is 4.79 Å². The summed E-state index contributed by atoms with van der Waals surface area (Å²) in [6, 6.07) is 20.6. The number of hydrogen-bond acceptors (Lipinski definition) is 3. The lowest BCUT2D eigenvalue weighted by atomic mass is 10.1. The van der Waals surface area contributed by atoms with Crippen molar-refractivity contribution in [2.24, 2.45) is 0 Å². The molecule has 156 valence electrons. The van der Waals surface area contributed by atoms with E-state index in [-0.39, 0.29) is 5.91 Å². The van der Waals surface area contributed by atoms with Crippen molar-refractivity contribution < 1.29 is 9.53 Å². The molecular formula is C26H30N2O2. The van der Waals surface area contributed by atoms with E-state index in [1.807, 2.05) is 42.2 Å². The van der Waals surface area contributed by atoms with Crippen LogP contribution < -0.4 is 9.64 Å². The summed E-state index contributed by atoms with van der Waals surface area (Å²) in [4.78, 5) is 17.5. The summed E-state index contributed by atoms with van der Waals surface area (Å²) >= 11 is 0. The van der Waals surface area contributed by atoms with E-state index in [2.05, 4.69) is 49.1 Å². The monoisotopic (exact) mass is 402 g/mol. The van der Waals surface area contributed by atoms with Crippen LogP contribution in [0.5, 0.6) is 5.75 Å². The zero-order valence-corrected chi connectivity index (χ0v) is 18.1. The average Bonchev–Trinajstić information content (AvgIpc) is 2.79. The van der Waals surface area contributed by atoms with Crippen molar-refractivity contribution in [2.45, 2.75) is 33.3 Å². The van der Waals surface area contributed by atoms with Crippen LogP contribution in [0.1, 0.15) is 24.5 Å². The highest BCUT2D eigenvalue weighted by atomic mass is 16.5. The topological polar surface area (TPSA) is 32.8 Å². The molecule has 1 atom stereocenters. The van der Waals surface area contributed by atoms with E-state index >= 15 is 0 Å². The number of rotatable bonds is 5. The Morgan fingerprint density at radius 3 is 2.40 bits per heavy atom. The van der Waals surface area contributed by atoms with Crippen LogP contribution in [0.25, 0.3) is 10.8 Å². The molecule has 4 rings (SSSR count). The molecule has 0 aliphatic carbocycles. The molecule has 0 spiro atoms. The number of carbonyl (C=O) groups is 1. The molecule has 1 saturated heterocycles. The van der Waals surface area contributed by atoms with Crippen LogP contribution in [0.4, 0.5) is 5.69 Å². The molecule has 3 aromatic rings. The molecule has 1 amide bonds. The number of ether oxygens (including phenoxy) is 1. The highest BCUT2D eigenvalue weighted by Gasteiger charge is 2.28. The van der Waals surface area contributed by atoms with Gasteiger partial charge in [-0.05, 0) is 60.4 Å². The molecule has 30 heavy (non-hydrogen) atoms. The SMILES string of the molecule is CCC(Oc1ccc2ccccc2c1)C(=O)N1CCN(c2cccc(C)c2C)CC1. The van der Waals surface area contributed by atoms with E-state index < -0.39 is 6.10 Å². The Balaban J connectivity index is 1.41. The molecule has 4 heteroatoms. The first kappa shape index (κ1) is 20.3. The molecule has 0 aromatic heterocycles. The van der Waals surface area contributed by atoms with E-state index in [1.165, 1.54) is 22.2 Å². The van der Waals surface area contributed by atoms with Crippen molar-refractivity contribution in [2.75, 3.05) is 31.1 Å². The van der Waals surface area contributed by atoms with E-state index in [4.69, 9.17) is 4.74 Å². The van der Waals surface area contributed by atoms with Crippen LogP contribution >= 0.6 is 0 Å². The Bertz CT molecular complexity index is 1040. The Morgan fingerprint density at radius 1 is 0.933 bits per heavy atom. The normalized spacial score (nSPS) is 15.3. The number of benzene rings is 3. The zero-order chi connectivity index (χ0) is 21.1. The second kappa shape index (κ2) is 8.78. The predicted molar refractivity (Wildman–Crippen MR) is 123 cm³/mol. The molecule has 4 nitrogen and oxygen atoms in total. The van der Waals surface area contributed by atoms with E-state index in [9.17, 15) is 4.79 Å². The average molecular weight is 403 g/mol. The van der Waals surface area contributed by atoms with Gasteiger partial charge in [-0.25, -0.2) is 0 Å². The third kappa shape index (κ3) is 4.13. The predicted octanol–water partition coefficient (Wildman–Crippen LogP) is 4.96. The summed E-state index contributed by atoms with van der Waals surface area (Å²) in [5.74, 6) is 0.842. The molecular weight excluding hydrogens is 372 g/mol. The van der Waals surface area contributed by atoms with Gasteiger partial charge in [0.05, 0.1) is 0 Å². The van der Waals surface area contributed by atoms with Gasteiger partial charge in [-0.2, -0.15) is 0 Å². The first-order valence-corrected chi connectivity index (χ1v) is 10.8. The Labute approximate surface area is 179 Å².